The molecule has 0 radical (unpaired) electrons. The summed E-state index contributed by atoms with van der Waals surface area (Å²) in [6.45, 7) is 0. The van der Waals surface area contributed by atoms with Crippen LogP contribution in [0.25, 0.3) is 17.0 Å². The Balaban J connectivity index is 1.95. The van der Waals surface area contributed by atoms with Gasteiger partial charge >= 0.3 is 0 Å². The van der Waals surface area contributed by atoms with Crippen molar-refractivity contribution >= 4 is 28.6 Å². The molecule has 2 aromatic heterocycles. The summed E-state index contributed by atoms with van der Waals surface area (Å²) in [6, 6.07) is 12.2. The number of methoxy groups -OCH3 is 1. The summed E-state index contributed by atoms with van der Waals surface area (Å²) in [5.41, 5.74) is 1.12. The molecule has 0 bridgehead atoms. The van der Waals surface area contributed by atoms with E-state index in [1.807, 2.05) is 12.1 Å². The molecule has 1 N–H and O–H groups in total. The molecule has 0 aliphatic heterocycles. The summed E-state index contributed by atoms with van der Waals surface area (Å²) in [7, 11) is 1.56. The van der Waals surface area contributed by atoms with Crippen molar-refractivity contribution in [3.63, 3.8) is 0 Å². The number of pyridine rings is 1. The maximum absolute atomic E-state index is 12.4. The fourth-order valence-electron chi connectivity index (χ4n) is 2.27. The maximum atomic E-state index is 12.4. The first-order chi connectivity index (χ1) is 11.7. The number of ether oxygens (including phenoxy) is 1. The minimum Gasteiger partial charge on any atom is -0.494 e. The van der Waals surface area contributed by atoms with Crippen LogP contribution >= 0.6 is 0 Å². The molecular formula is C18H13N3O3. The Labute approximate surface area is 138 Å². The van der Waals surface area contributed by atoms with Crippen LogP contribution in [0.15, 0.2) is 58.8 Å². The summed E-state index contributed by atoms with van der Waals surface area (Å²) in [5.74, 6) is 0.516. The van der Waals surface area contributed by atoms with Gasteiger partial charge in [-0.15, -0.1) is 0 Å². The molecule has 24 heavy (non-hydrogen) atoms. The molecule has 1 aromatic carbocycles. The quantitative estimate of drug-likeness (QED) is 0.588. The number of hydrogen-bond donors (Lipinski definition) is 1. The third-order valence-corrected chi connectivity index (χ3v) is 3.40. The summed E-state index contributed by atoms with van der Waals surface area (Å²) < 4.78 is 10.4. The molecule has 2 heterocycles. The van der Waals surface area contributed by atoms with Crippen LogP contribution in [0.1, 0.15) is 5.76 Å². The largest absolute Gasteiger partial charge is 0.494 e. The highest BCUT2D eigenvalue weighted by Gasteiger charge is 2.13. The van der Waals surface area contributed by atoms with E-state index < -0.39 is 5.91 Å². The Hall–Kier alpha value is -3.59. The van der Waals surface area contributed by atoms with Gasteiger partial charge in [0.15, 0.2) is 0 Å². The highest BCUT2D eigenvalue weighted by Crippen LogP contribution is 2.30. The summed E-state index contributed by atoms with van der Waals surface area (Å²) in [6.07, 6.45) is 4.51. The van der Waals surface area contributed by atoms with E-state index in [9.17, 15) is 10.1 Å². The summed E-state index contributed by atoms with van der Waals surface area (Å²) in [5, 5.41) is 12.7. The van der Waals surface area contributed by atoms with E-state index in [0.717, 1.165) is 5.39 Å². The van der Waals surface area contributed by atoms with Gasteiger partial charge in [0, 0.05) is 17.7 Å². The molecule has 0 saturated heterocycles. The van der Waals surface area contributed by atoms with Crippen LogP contribution < -0.4 is 10.1 Å². The number of nitrogens with one attached hydrogen (secondary N) is 1. The van der Waals surface area contributed by atoms with E-state index in [4.69, 9.17) is 9.15 Å². The standard InChI is InChI=1S/C18H13N3O3/c1-23-16-7-6-15(14-5-2-8-20-17(14)16)21-18(22)12(11-19)10-13-4-3-9-24-13/h2-10H,1H3,(H,21,22). The zero-order chi connectivity index (χ0) is 16.9. The van der Waals surface area contributed by atoms with Crippen LogP contribution in [0.2, 0.25) is 0 Å². The third kappa shape index (κ3) is 2.96. The van der Waals surface area contributed by atoms with Crippen molar-refractivity contribution in [1.82, 2.24) is 4.98 Å². The number of rotatable bonds is 4. The SMILES string of the molecule is COc1ccc(NC(=O)C(C#N)=Cc2ccco2)c2cccnc12. The van der Waals surface area contributed by atoms with Crippen LogP contribution in [0.5, 0.6) is 5.75 Å². The van der Waals surface area contributed by atoms with E-state index >= 15 is 0 Å². The van der Waals surface area contributed by atoms with E-state index in [-0.39, 0.29) is 5.57 Å². The highest BCUT2D eigenvalue weighted by molar-refractivity contribution is 6.12. The molecular weight excluding hydrogens is 306 g/mol. The molecule has 0 aliphatic rings. The predicted molar refractivity (Wildman–Crippen MR) is 89.2 cm³/mol. The Morgan fingerprint density at radius 3 is 2.92 bits per heavy atom. The van der Waals surface area contributed by atoms with Gasteiger partial charge in [-0.3, -0.25) is 9.78 Å². The van der Waals surface area contributed by atoms with Crippen LogP contribution in [-0.4, -0.2) is 18.0 Å². The molecule has 3 aromatic rings. The van der Waals surface area contributed by atoms with Crippen LogP contribution in [-0.2, 0) is 4.79 Å². The fraction of sp³-hybridized carbons (Fsp3) is 0.0556. The number of furan rings is 1. The Morgan fingerprint density at radius 1 is 1.33 bits per heavy atom. The number of anilines is 1. The predicted octanol–water partition coefficient (Wildman–Crippen LogP) is 3.38. The van der Waals surface area contributed by atoms with Gasteiger partial charge in [0.05, 0.1) is 19.1 Å². The smallest absolute Gasteiger partial charge is 0.266 e. The van der Waals surface area contributed by atoms with Crippen LogP contribution in [0.3, 0.4) is 0 Å². The minimum absolute atomic E-state index is 0.0576. The second-order valence-corrected chi connectivity index (χ2v) is 4.85. The molecule has 1 amide bonds. The second kappa shape index (κ2) is 6.67. The Bertz CT molecular complexity index is 953. The average Bonchev–Trinajstić information content (AvgIpc) is 3.13. The first kappa shape index (κ1) is 15.3. The normalized spacial score (nSPS) is 11.1. The molecule has 0 unspecified atom stereocenters. The van der Waals surface area contributed by atoms with Gasteiger partial charge in [-0.2, -0.15) is 5.26 Å². The summed E-state index contributed by atoms with van der Waals surface area (Å²) >= 11 is 0. The minimum atomic E-state index is -0.524. The van der Waals surface area contributed by atoms with Crippen molar-refractivity contribution in [2.24, 2.45) is 0 Å². The monoisotopic (exact) mass is 319 g/mol. The number of nitrogens with zero attached hydrogens (tertiary/aromatic N) is 2. The number of benzene rings is 1. The second-order valence-electron chi connectivity index (χ2n) is 4.85. The average molecular weight is 319 g/mol. The van der Waals surface area contributed by atoms with Crippen LogP contribution in [0.4, 0.5) is 5.69 Å². The lowest BCUT2D eigenvalue weighted by Gasteiger charge is -2.10. The van der Waals surface area contributed by atoms with Gasteiger partial charge in [0.1, 0.15) is 28.7 Å². The number of aromatic nitrogens is 1. The number of carbonyl (C=O) groups excluding carboxylic acids is 1. The molecule has 6 heteroatoms. The summed E-state index contributed by atoms with van der Waals surface area (Å²) in [4.78, 5) is 16.6. The zero-order valence-electron chi connectivity index (χ0n) is 12.8. The van der Waals surface area contributed by atoms with E-state index in [2.05, 4.69) is 10.3 Å². The van der Waals surface area contributed by atoms with Gasteiger partial charge in [-0.1, -0.05) is 0 Å². The fourth-order valence-corrected chi connectivity index (χ4v) is 2.27. The molecule has 6 nitrogen and oxygen atoms in total. The van der Waals surface area contributed by atoms with Crippen molar-refractivity contribution in [3.8, 4) is 11.8 Å². The van der Waals surface area contributed by atoms with Gasteiger partial charge in [0.25, 0.3) is 5.91 Å². The number of nitriles is 1. The van der Waals surface area contributed by atoms with Gasteiger partial charge < -0.3 is 14.5 Å². The molecule has 3 rings (SSSR count). The van der Waals surface area contributed by atoms with Crippen LogP contribution in [0, 0.1) is 11.3 Å². The third-order valence-electron chi connectivity index (χ3n) is 3.40. The van der Waals surface area contributed by atoms with E-state index in [1.165, 1.54) is 12.3 Å². The molecule has 118 valence electrons. The number of amides is 1. The first-order valence-corrected chi connectivity index (χ1v) is 7.11. The lowest BCUT2D eigenvalue weighted by Crippen LogP contribution is -2.13. The van der Waals surface area contributed by atoms with E-state index in [0.29, 0.717) is 22.7 Å². The number of hydrogen-bond acceptors (Lipinski definition) is 5. The topological polar surface area (TPSA) is 88.1 Å². The molecule has 0 fully saturated rings. The lowest BCUT2D eigenvalue weighted by atomic mass is 10.1. The molecule has 0 saturated carbocycles. The van der Waals surface area contributed by atoms with Gasteiger partial charge in [0.2, 0.25) is 0 Å². The van der Waals surface area contributed by atoms with Crippen molar-refractivity contribution in [2.75, 3.05) is 12.4 Å². The van der Waals surface area contributed by atoms with Gasteiger partial charge in [-0.25, -0.2) is 0 Å². The molecule has 0 spiro atoms. The van der Waals surface area contributed by atoms with Crippen molar-refractivity contribution in [1.29, 1.82) is 5.26 Å². The first-order valence-electron chi connectivity index (χ1n) is 7.11. The maximum Gasteiger partial charge on any atom is 0.266 e. The zero-order valence-corrected chi connectivity index (χ0v) is 12.8. The number of carbonyl (C=O) groups is 1. The Morgan fingerprint density at radius 2 is 2.21 bits per heavy atom. The number of fused-ring (bicyclic) bond motifs is 1. The lowest BCUT2D eigenvalue weighted by molar-refractivity contribution is -0.112. The van der Waals surface area contributed by atoms with Gasteiger partial charge in [-0.05, 0) is 36.4 Å². The van der Waals surface area contributed by atoms with Crippen molar-refractivity contribution in [2.45, 2.75) is 0 Å². The Kier molecular flexibility index (Phi) is 4.25. The van der Waals surface area contributed by atoms with Crippen molar-refractivity contribution < 1.29 is 13.9 Å². The molecule has 0 aliphatic carbocycles. The van der Waals surface area contributed by atoms with Crippen molar-refractivity contribution in [3.05, 3.63) is 60.2 Å². The van der Waals surface area contributed by atoms with E-state index in [1.54, 1.807) is 43.6 Å². The molecule has 0 atom stereocenters. The highest BCUT2D eigenvalue weighted by atomic mass is 16.5.